The minimum Gasteiger partial charge on any atom is -0.497 e. The van der Waals surface area contributed by atoms with Crippen LogP contribution in [0.3, 0.4) is 0 Å². The summed E-state index contributed by atoms with van der Waals surface area (Å²) < 4.78 is 4.97. The quantitative estimate of drug-likeness (QED) is 0.750. The van der Waals surface area contributed by atoms with Crippen molar-refractivity contribution >= 4 is 0 Å². The Labute approximate surface area is 110 Å². The van der Waals surface area contributed by atoms with Crippen LogP contribution < -0.4 is 4.74 Å². The van der Waals surface area contributed by atoms with Crippen LogP contribution in [0.25, 0.3) is 0 Å². The van der Waals surface area contributed by atoms with Crippen LogP contribution in [0.4, 0.5) is 0 Å². The van der Waals surface area contributed by atoms with Gasteiger partial charge in [0.2, 0.25) is 0 Å². The maximum absolute atomic E-state index is 4.97. The lowest BCUT2D eigenvalue weighted by atomic mass is 10.1. The van der Waals surface area contributed by atoms with E-state index in [2.05, 4.69) is 45.0 Å². The number of benzene rings is 2. The number of rotatable bonds is 2. The molecule has 0 heterocycles. The number of aryl methyl sites for hydroxylation is 3. The molecule has 1 heteroatoms. The van der Waals surface area contributed by atoms with Gasteiger partial charge in [0.25, 0.3) is 0 Å². The molecule has 0 aliphatic carbocycles. The Morgan fingerprint density at radius 2 is 1.56 bits per heavy atom. The number of hydrogen-bond donors (Lipinski definition) is 0. The van der Waals surface area contributed by atoms with E-state index in [1.807, 2.05) is 24.3 Å². The third-order valence-corrected chi connectivity index (χ3v) is 2.75. The molecular formula is C17H22O. The first-order chi connectivity index (χ1) is 8.65. The molecule has 0 saturated heterocycles. The zero-order valence-electron chi connectivity index (χ0n) is 11.7. The summed E-state index contributed by atoms with van der Waals surface area (Å²) in [5.74, 6) is 0.917. The van der Waals surface area contributed by atoms with E-state index in [0.717, 1.165) is 12.2 Å². The predicted molar refractivity (Wildman–Crippen MR) is 78.3 cm³/mol. The predicted octanol–water partition coefficient (Wildman–Crippen LogP) is 4.56. The maximum atomic E-state index is 4.97. The van der Waals surface area contributed by atoms with Crippen molar-refractivity contribution in [1.82, 2.24) is 0 Å². The van der Waals surface area contributed by atoms with Crippen molar-refractivity contribution in [2.45, 2.75) is 27.2 Å². The van der Waals surface area contributed by atoms with Gasteiger partial charge < -0.3 is 4.74 Å². The van der Waals surface area contributed by atoms with Crippen LogP contribution in [-0.2, 0) is 6.42 Å². The van der Waals surface area contributed by atoms with Crippen LogP contribution >= 0.6 is 0 Å². The van der Waals surface area contributed by atoms with Gasteiger partial charge in [-0.1, -0.05) is 54.4 Å². The Morgan fingerprint density at radius 1 is 0.889 bits per heavy atom. The Morgan fingerprint density at radius 3 is 2.00 bits per heavy atom. The normalized spacial score (nSPS) is 9.33. The minimum atomic E-state index is 0.917. The summed E-state index contributed by atoms with van der Waals surface area (Å²) in [6.45, 7) is 6.35. The zero-order chi connectivity index (χ0) is 13.4. The molecule has 2 rings (SSSR count). The Kier molecular flexibility index (Phi) is 5.99. The second-order valence-corrected chi connectivity index (χ2v) is 4.36. The smallest absolute Gasteiger partial charge is 0.118 e. The fourth-order valence-electron chi connectivity index (χ4n) is 1.61. The molecule has 0 aromatic heterocycles. The lowest BCUT2D eigenvalue weighted by Crippen LogP contribution is -1.80. The molecule has 0 spiro atoms. The Bertz CT molecular complexity index is 457. The third kappa shape index (κ3) is 5.05. The van der Waals surface area contributed by atoms with Crippen molar-refractivity contribution < 1.29 is 4.74 Å². The van der Waals surface area contributed by atoms with E-state index in [9.17, 15) is 0 Å². The van der Waals surface area contributed by atoms with Crippen molar-refractivity contribution in [3.05, 3.63) is 65.2 Å². The first-order valence-corrected chi connectivity index (χ1v) is 6.32. The highest BCUT2D eigenvalue weighted by Gasteiger charge is 1.86. The van der Waals surface area contributed by atoms with Gasteiger partial charge in [-0.3, -0.25) is 0 Å². The summed E-state index contributed by atoms with van der Waals surface area (Å²) >= 11 is 0. The molecule has 0 aliphatic rings. The third-order valence-electron chi connectivity index (χ3n) is 2.75. The number of ether oxygens (including phenoxy) is 1. The van der Waals surface area contributed by atoms with E-state index in [0.29, 0.717) is 0 Å². The van der Waals surface area contributed by atoms with E-state index in [4.69, 9.17) is 4.74 Å². The van der Waals surface area contributed by atoms with Crippen LogP contribution in [0.15, 0.2) is 48.5 Å². The van der Waals surface area contributed by atoms with E-state index >= 15 is 0 Å². The molecule has 0 bridgehead atoms. The summed E-state index contributed by atoms with van der Waals surface area (Å²) in [6.07, 6.45) is 1.14. The SMILES string of the molecule is CCc1cccc(C)c1.COc1ccc(C)cc1. The molecule has 2 aromatic carbocycles. The summed E-state index contributed by atoms with van der Waals surface area (Å²) in [5.41, 5.74) is 4.04. The van der Waals surface area contributed by atoms with Gasteiger partial charge in [-0.2, -0.15) is 0 Å². The molecule has 0 unspecified atom stereocenters. The molecule has 18 heavy (non-hydrogen) atoms. The van der Waals surface area contributed by atoms with Gasteiger partial charge in [0.05, 0.1) is 7.11 Å². The fourth-order valence-corrected chi connectivity index (χ4v) is 1.61. The van der Waals surface area contributed by atoms with E-state index < -0.39 is 0 Å². The molecule has 0 fully saturated rings. The van der Waals surface area contributed by atoms with Crippen LogP contribution in [0.1, 0.15) is 23.6 Å². The highest BCUT2D eigenvalue weighted by Crippen LogP contribution is 2.09. The van der Waals surface area contributed by atoms with Gasteiger partial charge in [-0.15, -0.1) is 0 Å². The summed E-state index contributed by atoms with van der Waals surface area (Å²) in [5, 5.41) is 0. The molecule has 0 radical (unpaired) electrons. The fraction of sp³-hybridized carbons (Fsp3) is 0.294. The lowest BCUT2D eigenvalue weighted by molar-refractivity contribution is 0.414. The van der Waals surface area contributed by atoms with Gasteiger partial charge in [0.1, 0.15) is 5.75 Å². The van der Waals surface area contributed by atoms with Gasteiger partial charge in [-0.25, -0.2) is 0 Å². The minimum absolute atomic E-state index is 0.917. The molecule has 0 aliphatic heterocycles. The molecule has 0 amide bonds. The molecule has 0 atom stereocenters. The first-order valence-electron chi connectivity index (χ1n) is 6.32. The molecular weight excluding hydrogens is 220 g/mol. The topological polar surface area (TPSA) is 9.23 Å². The second-order valence-electron chi connectivity index (χ2n) is 4.36. The van der Waals surface area contributed by atoms with Gasteiger partial charge in [0.15, 0.2) is 0 Å². The van der Waals surface area contributed by atoms with Crippen molar-refractivity contribution in [3.63, 3.8) is 0 Å². The number of hydrogen-bond acceptors (Lipinski definition) is 1. The van der Waals surface area contributed by atoms with Crippen molar-refractivity contribution in [2.24, 2.45) is 0 Å². The molecule has 0 saturated carbocycles. The van der Waals surface area contributed by atoms with Crippen molar-refractivity contribution in [1.29, 1.82) is 0 Å². The van der Waals surface area contributed by atoms with Crippen LogP contribution in [0.2, 0.25) is 0 Å². The van der Waals surface area contributed by atoms with E-state index in [-0.39, 0.29) is 0 Å². The second kappa shape index (κ2) is 7.54. The highest BCUT2D eigenvalue weighted by molar-refractivity contribution is 5.26. The average Bonchev–Trinajstić information content (AvgIpc) is 2.40. The van der Waals surface area contributed by atoms with Crippen LogP contribution in [0.5, 0.6) is 5.75 Å². The lowest BCUT2D eigenvalue weighted by Gasteiger charge is -1.97. The highest BCUT2D eigenvalue weighted by atomic mass is 16.5. The zero-order valence-corrected chi connectivity index (χ0v) is 11.7. The average molecular weight is 242 g/mol. The van der Waals surface area contributed by atoms with Crippen LogP contribution in [-0.4, -0.2) is 7.11 Å². The van der Waals surface area contributed by atoms with Gasteiger partial charge in [-0.05, 0) is 38.0 Å². The summed E-state index contributed by atoms with van der Waals surface area (Å²) in [6, 6.07) is 16.6. The van der Waals surface area contributed by atoms with Gasteiger partial charge in [0, 0.05) is 0 Å². The van der Waals surface area contributed by atoms with Crippen LogP contribution in [0, 0.1) is 13.8 Å². The standard InChI is InChI=1S/C9H12.C8H10O/c1-3-9-6-4-5-8(2)7-9;1-7-3-5-8(9-2)6-4-7/h4-7H,3H2,1-2H3;3-6H,1-2H3. The van der Waals surface area contributed by atoms with Crippen molar-refractivity contribution in [3.8, 4) is 5.75 Å². The summed E-state index contributed by atoms with van der Waals surface area (Å²) in [4.78, 5) is 0. The monoisotopic (exact) mass is 242 g/mol. The first kappa shape index (κ1) is 14.3. The van der Waals surface area contributed by atoms with Crippen molar-refractivity contribution in [2.75, 3.05) is 7.11 Å². The Hall–Kier alpha value is -1.76. The largest absolute Gasteiger partial charge is 0.497 e. The summed E-state index contributed by atoms with van der Waals surface area (Å²) in [7, 11) is 1.67. The maximum Gasteiger partial charge on any atom is 0.118 e. The van der Waals surface area contributed by atoms with E-state index in [1.165, 1.54) is 16.7 Å². The molecule has 0 N–H and O–H groups in total. The number of methoxy groups -OCH3 is 1. The molecule has 1 nitrogen and oxygen atoms in total. The molecule has 96 valence electrons. The Balaban J connectivity index is 0.000000180. The van der Waals surface area contributed by atoms with E-state index in [1.54, 1.807) is 7.11 Å². The molecule has 2 aromatic rings. The van der Waals surface area contributed by atoms with Gasteiger partial charge >= 0.3 is 0 Å².